The molecule has 0 bridgehead atoms. The first kappa shape index (κ1) is 11.9. The van der Waals surface area contributed by atoms with Crippen LogP contribution >= 0.6 is 0 Å². The predicted molar refractivity (Wildman–Crippen MR) is 52.5 cm³/mol. The molecule has 0 saturated carbocycles. The van der Waals surface area contributed by atoms with Crippen LogP contribution in [0.25, 0.3) is 0 Å². The van der Waals surface area contributed by atoms with E-state index in [-0.39, 0.29) is 0 Å². The lowest BCUT2D eigenvalue weighted by Gasteiger charge is -2.19. The maximum Gasteiger partial charge on any atom is 0.0589 e. The normalized spacial score (nSPS) is 11.0. The molecule has 0 radical (unpaired) electrons. The third kappa shape index (κ3) is 6.58. The second-order valence-electron chi connectivity index (χ2n) is 2.78. The summed E-state index contributed by atoms with van der Waals surface area (Å²) in [5.74, 6) is 0. The van der Waals surface area contributed by atoms with Crippen molar-refractivity contribution in [2.75, 3.05) is 46.4 Å². The minimum atomic E-state index is 0.833. The van der Waals surface area contributed by atoms with E-state index in [0.717, 1.165) is 39.3 Å². The molecular formula is C9H22N2O. The fraction of sp³-hybridized carbons (Fsp3) is 1.00. The molecule has 0 rings (SSSR count). The lowest BCUT2D eigenvalue weighted by Crippen LogP contribution is -2.34. The van der Waals surface area contributed by atoms with Crippen LogP contribution in [-0.4, -0.2) is 51.3 Å². The molecule has 0 spiro atoms. The number of hydrogen-bond donors (Lipinski definition) is 1. The monoisotopic (exact) mass is 174 g/mol. The number of hydrogen-bond acceptors (Lipinski definition) is 3. The molecule has 0 aliphatic rings. The number of rotatable bonds is 8. The van der Waals surface area contributed by atoms with Crippen LogP contribution in [0.1, 0.15) is 13.8 Å². The van der Waals surface area contributed by atoms with Gasteiger partial charge in [0.25, 0.3) is 0 Å². The summed E-state index contributed by atoms with van der Waals surface area (Å²) in [6.45, 7) is 10.5. The van der Waals surface area contributed by atoms with Crippen molar-refractivity contribution in [1.82, 2.24) is 10.2 Å². The highest BCUT2D eigenvalue weighted by molar-refractivity contribution is 4.56. The van der Waals surface area contributed by atoms with Crippen molar-refractivity contribution in [2.24, 2.45) is 0 Å². The van der Waals surface area contributed by atoms with Crippen molar-refractivity contribution >= 4 is 0 Å². The van der Waals surface area contributed by atoms with E-state index < -0.39 is 0 Å². The molecule has 0 heterocycles. The molecule has 1 N–H and O–H groups in total. The number of ether oxygens (including phenoxy) is 1. The highest BCUT2D eigenvalue weighted by Gasteiger charge is 1.99. The number of nitrogens with zero attached hydrogens (tertiary/aromatic N) is 1. The molecule has 0 atom stereocenters. The van der Waals surface area contributed by atoms with Gasteiger partial charge in [-0.2, -0.15) is 0 Å². The lowest BCUT2D eigenvalue weighted by atomic mass is 10.4. The van der Waals surface area contributed by atoms with E-state index in [1.54, 1.807) is 7.11 Å². The van der Waals surface area contributed by atoms with Crippen molar-refractivity contribution in [1.29, 1.82) is 0 Å². The van der Waals surface area contributed by atoms with Crippen LogP contribution in [0, 0.1) is 0 Å². The van der Waals surface area contributed by atoms with Gasteiger partial charge in [-0.1, -0.05) is 13.8 Å². The SMILES string of the molecule is CCNCCN(CC)CCOC. The van der Waals surface area contributed by atoms with E-state index in [0.29, 0.717) is 0 Å². The summed E-state index contributed by atoms with van der Waals surface area (Å²) in [5.41, 5.74) is 0. The van der Waals surface area contributed by atoms with Crippen LogP contribution < -0.4 is 5.32 Å². The number of likely N-dealkylation sites (N-methyl/N-ethyl adjacent to an activating group) is 2. The Balaban J connectivity index is 3.26. The fourth-order valence-corrected chi connectivity index (χ4v) is 1.06. The molecule has 0 fully saturated rings. The average Bonchev–Trinajstić information content (AvgIpc) is 2.11. The van der Waals surface area contributed by atoms with Gasteiger partial charge in [-0.05, 0) is 13.1 Å². The van der Waals surface area contributed by atoms with Crippen molar-refractivity contribution in [3.8, 4) is 0 Å². The van der Waals surface area contributed by atoms with Gasteiger partial charge in [0.1, 0.15) is 0 Å². The van der Waals surface area contributed by atoms with Crippen LogP contribution in [0.3, 0.4) is 0 Å². The van der Waals surface area contributed by atoms with Crippen LogP contribution in [0.2, 0.25) is 0 Å². The van der Waals surface area contributed by atoms with Gasteiger partial charge in [0.2, 0.25) is 0 Å². The molecule has 0 saturated heterocycles. The second kappa shape index (κ2) is 8.97. The Labute approximate surface area is 76.1 Å². The zero-order chi connectivity index (χ0) is 9.23. The molecule has 74 valence electrons. The van der Waals surface area contributed by atoms with Gasteiger partial charge < -0.3 is 15.0 Å². The maximum absolute atomic E-state index is 5.02. The maximum atomic E-state index is 5.02. The fourth-order valence-electron chi connectivity index (χ4n) is 1.06. The predicted octanol–water partition coefficient (Wildman–Crippen LogP) is 0.564. The molecule has 0 aliphatic heterocycles. The van der Waals surface area contributed by atoms with Gasteiger partial charge in [-0.15, -0.1) is 0 Å². The minimum Gasteiger partial charge on any atom is -0.383 e. The van der Waals surface area contributed by atoms with Crippen LogP contribution in [0.5, 0.6) is 0 Å². The quantitative estimate of drug-likeness (QED) is 0.544. The molecule has 0 aliphatic carbocycles. The van der Waals surface area contributed by atoms with Crippen LogP contribution in [0.4, 0.5) is 0 Å². The molecule has 0 amide bonds. The van der Waals surface area contributed by atoms with Crippen molar-refractivity contribution < 1.29 is 4.74 Å². The molecule has 3 heteroatoms. The Morgan fingerprint density at radius 3 is 2.50 bits per heavy atom. The lowest BCUT2D eigenvalue weighted by molar-refractivity contribution is 0.151. The summed E-state index contributed by atoms with van der Waals surface area (Å²) < 4.78 is 5.02. The van der Waals surface area contributed by atoms with Gasteiger partial charge in [-0.25, -0.2) is 0 Å². The van der Waals surface area contributed by atoms with E-state index in [4.69, 9.17) is 4.74 Å². The average molecular weight is 174 g/mol. The van der Waals surface area contributed by atoms with Gasteiger partial charge in [0, 0.05) is 26.7 Å². The molecule has 0 aromatic carbocycles. The number of nitrogens with one attached hydrogen (secondary N) is 1. The summed E-state index contributed by atoms with van der Waals surface area (Å²) in [6.07, 6.45) is 0. The first-order valence-electron chi connectivity index (χ1n) is 4.77. The molecule has 0 aromatic heterocycles. The highest BCUT2D eigenvalue weighted by atomic mass is 16.5. The summed E-state index contributed by atoms with van der Waals surface area (Å²) in [6, 6.07) is 0. The summed E-state index contributed by atoms with van der Waals surface area (Å²) in [7, 11) is 1.75. The van der Waals surface area contributed by atoms with Crippen molar-refractivity contribution in [3.63, 3.8) is 0 Å². The van der Waals surface area contributed by atoms with E-state index in [1.165, 1.54) is 0 Å². The highest BCUT2D eigenvalue weighted by Crippen LogP contribution is 1.85. The Kier molecular flexibility index (Phi) is 8.88. The molecule has 3 nitrogen and oxygen atoms in total. The van der Waals surface area contributed by atoms with Gasteiger partial charge in [0.15, 0.2) is 0 Å². The van der Waals surface area contributed by atoms with E-state index in [1.807, 2.05) is 0 Å². The van der Waals surface area contributed by atoms with Gasteiger partial charge in [-0.3, -0.25) is 0 Å². The Morgan fingerprint density at radius 2 is 2.00 bits per heavy atom. The molecule has 0 unspecified atom stereocenters. The zero-order valence-corrected chi connectivity index (χ0v) is 8.60. The first-order valence-corrected chi connectivity index (χ1v) is 4.77. The largest absolute Gasteiger partial charge is 0.383 e. The third-order valence-electron chi connectivity index (χ3n) is 1.91. The summed E-state index contributed by atoms with van der Waals surface area (Å²) >= 11 is 0. The topological polar surface area (TPSA) is 24.5 Å². The van der Waals surface area contributed by atoms with E-state index in [9.17, 15) is 0 Å². The second-order valence-corrected chi connectivity index (χ2v) is 2.78. The Bertz CT molecular complexity index is 88.6. The summed E-state index contributed by atoms with van der Waals surface area (Å²) in [5, 5.41) is 3.31. The molecule has 12 heavy (non-hydrogen) atoms. The third-order valence-corrected chi connectivity index (χ3v) is 1.91. The molecular weight excluding hydrogens is 152 g/mol. The Morgan fingerprint density at radius 1 is 1.25 bits per heavy atom. The molecule has 0 aromatic rings. The van der Waals surface area contributed by atoms with Crippen LogP contribution in [-0.2, 0) is 4.74 Å². The van der Waals surface area contributed by atoms with E-state index >= 15 is 0 Å². The summed E-state index contributed by atoms with van der Waals surface area (Å²) in [4.78, 5) is 2.38. The van der Waals surface area contributed by atoms with E-state index in [2.05, 4.69) is 24.1 Å². The smallest absolute Gasteiger partial charge is 0.0589 e. The number of methoxy groups -OCH3 is 1. The minimum absolute atomic E-state index is 0.833. The van der Waals surface area contributed by atoms with Gasteiger partial charge in [0.05, 0.1) is 6.61 Å². The first-order chi connectivity index (χ1) is 5.85. The van der Waals surface area contributed by atoms with Crippen LogP contribution in [0.15, 0.2) is 0 Å². The standard InChI is InChI=1S/C9H22N2O/c1-4-10-6-7-11(5-2)8-9-12-3/h10H,4-9H2,1-3H3. The van der Waals surface area contributed by atoms with Gasteiger partial charge >= 0.3 is 0 Å². The zero-order valence-electron chi connectivity index (χ0n) is 8.60. The van der Waals surface area contributed by atoms with Crippen molar-refractivity contribution in [2.45, 2.75) is 13.8 Å². The Hall–Kier alpha value is -0.120. The van der Waals surface area contributed by atoms with Crippen molar-refractivity contribution in [3.05, 3.63) is 0 Å².